The van der Waals surface area contributed by atoms with Crippen LogP contribution in [0.5, 0.6) is 0 Å². The normalized spacial score (nSPS) is 12.6. The first-order valence-corrected chi connectivity index (χ1v) is 7.16. The van der Waals surface area contributed by atoms with Gasteiger partial charge in [-0.1, -0.05) is 20.3 Å². The molecule has 0 bridgehead atoms. The van der Waals surface area contributed by atoms with E-state index in [-0.39, 0.29) is 30.5 Å². The number of carbonyl (C=O) groups excluding carboxylic acids is 2. The Hall–Kier alpha value is -1.10. The number of esters is 1. The van der Waals surface area contributed by atoms with Crippen LogP contribution in [-0.4, -0.2) is 48.6 Å². The van der Waals surface area contributed by atoms with Crippen molar-refractivity contribution in [3.63, 3.8) is 0 Å². The Balaban J connectivity index is 4.64. The first kappa shape index (κ1) is 17.9. The number of nitrogens with zero attached hydrogens (tertiary/aromatic N) is 1. The summed E-state index contributed by atoms with van der Waals surface area (Å²) in [7, 11) is 0. The molecule has 0 aromatic heterocycles. The number of rotatable bonds is 9. The van der Waals surface area contributed by atoms with Gasteiger partial charge in [0, 0.05) is 6.04 Å². The maximum absolute atomic E-state index is 11.9. The van der Waals surface area contributed by atoms with E-state index in [0.29, 0.717) is 19.6 Å². The van der Waals surface area contributed by atoms with Crippen molar-refractivity contribution in [1.29, 1.82) is 0 Å². The number of hydrogen-bond acceptors (Lipinski definition) is 4. The Morgan fingerprint density at radius 2 is 1.84 bits per heavy atom. The van der Waals surface area contributed by atoms with Crippen molar-refractivity contribution >= 4 is 11.9 Å². The van der Waals surface area contributed by atoms with E-state index in [9.17, 15) is 9.59 Å². The molecule has 0 saturated carbocycles. The van der Waals surface area contributed by atoms with Crippen molar-refractivity contribution in [2.24, 2.45) is 0 Å². The van der Waals surface area contributed by atoms with Crippen LogP contribution in [0.15, 0.2) is 0 Å². The van der Waals surface area contributed by atoms with Crippen molar-refractivity contribution in [1.82, 2.24) is 10.2 Å². The van der Waals surface area contributed by atoms with Gasteiger partial charge in [0.05, 0.1) is 13.2 Å². The smallest absolute Gasteiger partial charge is 0.323 e. The third-order valence-corrected chi connectivity index (χ3v) is 2.76. The number of nitrogens with one attached hydrogen (secondary N) is 1. The molecule has 0 aromatic carbocycles. The lowest BCUT2D eigenvalue weighted by molar-refractivity contribution is -0.150. The summed E-state index contributed by atoms with van der Waals surface area (Å²) in [5, 5.41) is 2.84. The van der Waals surface area contributed by atoms with E-state index in [1.54, 1.807) is 6.92 Å². The van der Waals surface area contributed by atoms with E-state index in [0.717, 1.165) is 6.42 Å². The Morgan fingerprint density at radius 3 is 2.26 bits per heavy atom. The summed E-state index contributed by atoms with van der Waals surface area (Å²) >= 11 is 0. The lowest BCUT2D eigenvalue weighted by atomic mass is 10.1. The summed E-state index contributed by atoms with van der Waals surface area (Å²) in [4.78, 5) is 25.6. The van der Waals surface area contributed by atoms with Crippen molar-refractivity contribution in [3.8, 4) is 0 Å². The number of hydrogen-bond donors (Lipinski definition) is 1. The molecule has 5 nitrogen and oxygen atoms in total. The fraction of sp³-hybridized carbons (Fsp3) is 0.857. The predicted octanol–water partition coefficient (Wildman–Crippen LogP) is 1.56. The second-order valence-electron chi connectivity index (χ2n) is 4.84. The van der Waals surface area contributed by atoms with Gasteiger partial charge in [0.15, 0.2) is 0 Å². The average Bonchev–Trinajstić information content (AvgIpc) is 2.32. The SMILES string of the molecule is CCCC(C(=O)OCC)N(CC)CC(=O)NC(C)C. The second kappa shape index (κ2) is 9.78. The van der Waals surface area contributed by atoms with E-state index in [2.05, 4.69) is 5.32 Å². The number of carbonyl (C=O) groups is 2. The van der Waals surface area contributed by atoms with Gasteiger partial charge in [-0.2, -0.15) is 0 Å². The summed E-state index contributed by atoms with van der Waals surface area (Å²) in [6, 6.07) is -0.216. The zero-order chi connectivity index (χ0) is 14.8. The van der Waals surface area contributed by atoms with E-state index in [1.165, 1.54) is 0 Å². The highest BCUT2D eigenvalue weighted by atomic mass is 16.5. The fourth-order valence-electron chi connectivity index (χ4n) is 1.96. The standard InChI is InChI=1S/C14H28N2O3/c1-6-9-12(14(18)19-8-3)16(7-2)10-13(17)15-11(4)5/h11-12H,6-10H2,1-5H3,(H,15,17). The molecular formula is C14H28N2O3. The van der Waals surface area contributed by atoms with E-state index in [4.69, 9.17) is 4.74 Å². The van der Waals surface area contributed by atoms with Crippen LogP contribution in [0, 0.1) is 0 Å². The van der Waals surface area contributed by atoms with Crippen LogP contribution in [0.2, 0.25) is 0 Å². The van der Waals surface area contributed by atoms with Crippen LogP contribution in [0.25, 0.3) is 0 Å². The largest absolute Gasteiger partial charge is 0.465 e. The van der Waals surface area contributed by atoms with Crippen LogP contribution in [0.3, 0.4) is 0 Å². The Kier molecular flexibility index (Phi) is 9.21. The van der Waals surface area contributed by atoms with Gasteiger partial charge in [0.25, 0.3) is 0 Å². The monoisotopic (exact) mass is 272 g/mol. The second-order valence-corrected chi connectivity index (χ2v) is 4.84. The molecule has 0 radical (unpaired) electrons. The zero-order valence-electron chi connectivity index (χ0n) is 12.9. The maximum atomic E-state index is 11.9. The van der Waals surface area contributed by atoms with Gasteiger partial charge in [-0.25, -0.2) is 0 Å². The molecule has 0 spiro atoms. The quantitative estimate of drug-likeness (QED) is 0.647. The average molecular weight is 272 g/mol. The Bertz CT molecular complexity index is 280. The summed E-state index contributed by atoms with van der Waals surface area (Å²) in [6.07, 6.45) is 1.59. The molecule has 0 heterocycles. The highest BCUT2D eigenvalue weighted by Crippen LogP contribution is 2.09. The third kappa shape index (κ3) is 7.15. The molecule has 0 aliphatic carbocycles. The van der Waals surface area contributed by atoms with E-state index in [1.807, 2.05) is 32.6 Å². The number of ether oxygens (including phenoxy) is 1. The minimum atomic E-state index is -0.326. The molecule has 19 heavy (non-hydrogen) atoms. The van der Waals surface area contributed by atoms with Crippen molar-refractivity contribution in [2.75, 3.05) is 19.7 Å². The predicted molar refractivity (Wildman–Crippen MR) is 75.9 cm³/mol. The molecule has 0 aliphatic heterocycles. The lowest BCUT2D eigenvalue weighted by Gasteiger charge is -2.28. The summed E-state index contributed by atoms with van der Waals surface area (Å²) in [5.41, 5.74) is 0. The van der Waals surface area contributed by atoms with E-state index < -0.39 is 0 Å². The molecular weight excluding hydrogens is 244 g/mol. The van der Waals surface area contributed by atoms with Gasteiger partial charge < -0.3 is 10.1 Å². The number of amides is 1. The fourth-order valence-corrected chi connectivity index (χ4v) is 1.96. The van der Waals surface area contributed by atoms with Crippen molar-refractivity contribution < 1.29 is 14.3 Å². The highest BCUT2D eigenvalue weighted by Gasteiger charge is 2.26. The first-order valence-electron chi connectivity index (χ1n) is 7.16. The first-order chi connectivity index (χ1) is 8.96. The number of likely N-dealkylation sites (N-methyl/N-ethyl adjacent to an activating group) is 1. The Labute approximate surface area is 116 Å². The molecule has 1 atom stereocenters. The van der Waals surface area contributed by atoms with Gasteiger partial charge in [0.2, 0.25) is 5.91 Å². The molecule has 0 saturated heterocycles. The molecule has 0 fully saturated rings. The molecule has 1 N–H and O–H groups in total. The minimum Gasteiger partial charge on any atom is -0.465 e. The van der Waals surface area contributed by atoms with Gasteiger partial charge in [0.1, 0.15) is 6.04 Å². The third-order valence-electron chi connectivity index (χ3n) is 2.76. The molecule has 112 valence electrons. The van der Waals surface area contributed by atoms with Crippen LogP contribution in [-0.2, 0) is 14.3 Å². The van der Waals surface area contributed by atoms with Crippen molar-refractivity contribution in [2.45, 2.75) is 59.5 Å². The van der Waals surface area contributed by atoms with Crippen LogP contribution < -0.4 is 5.32 Å². The minimum absolute atomic E-state index is 0.0535. The molecule has 5 heteroatoms. The lowest BCUT2D eigenvalue weighted by Crippen LogP contribution is -2.48. The van der Waals surface area contributed by atoms with Gasteiger partial charge >= 0.3 is 5.97 Å². The molecule has 0 aliphatic rings. The van der Waals surface area contributed by atoms with Gasteiger partial charge in [-0.05, 0) is 33.7 Å². The van der Waals surface area contributed by atoms with Crippen molar-refractivity contribution in [3.05, 3.63) is 0 Å². The van der Waals surface area contributed by atoms with Crippen LogP contribution >= 0.6 is 0 Å². The summed E-state index contributed by atoms with van der Waals surface area (Å²) in [6.45, 7) is 10.9. The van der Waals surface area contributed by atoms with Crippen LogP contribution in [0.1, 0.15) is 47.5 Å². The van der Waals surface area contributed by atoms with E-state index >= 15 is 0 Å². The Morgan fingerprint density at radius 1 is 1.21 bits per heavy atom. The molecule has 1 amide bonds. The topological polar surface area (TPSA) is 58.6 Å². The molecule has 0 aromatic rings. The molecule has 0 rings (SSSR count). The summed E-state index contributed by atoms with van der Waals surface area (Å²) < 4.78 is 5.09. The summed E-state index contributed by atoms with van der Waals surface area (Å²) in [5.74, 6) is -0.286. The van der Waals surface area contributed by atoms with Gasteiger partial charge in [-0.3, -0.25) is 14.5 Å². The highest BCUT2D eigenvalue weighted by molar-refractivity contribution is 5.80. The van der Waals surface area contributed by atoms with Gasteiger partial charge in [-0.15, -0.1) is 0 Å². The zero-order valence-corrected chi connectivity index (χ0v) is 12.9. The van der Waals surface area contributed by atoms with Crippen LogP contribution in [0.4, 0.5) is 0 Å². The maximum Gasteiger partial charge on any atom is 0.323 e. The molecule has 1 unspecified atom stereocenters.